The summed E-state index contributed by atoms with van der Waals surface area (Å²) in [5, 5.41) is 6.23. The van der Waals surface area contributed by atoms with Gasteiger partial charge in [0.05, 0.1) is 0 Å². The van der Waals surface area contributed by atoms with Gasteiger partial charge in [-0.3, -0.25) is 0 Å². The highest BCUT2D eigenvalue weighted by Crippen LogP contribution is 2.27. The van der Waals surface area contributed by atoms with E-state index in [9.17, 15) is 13.2 Å². The fraction of sp³-hybridized carbons (Fsp3) is 0.412. The number of hydrogen-bond acceptors (Lipinski definition) is 5. The second-order valence-corrected chi connectivity index (χ2v) is 6.29. The van der Waals surface area contributed by atoms with Gasteiger partial charge in [-0.25, -0.2) is 4.98 Å². The Morgan fingerprint density at radius 1 is 1.20 bits per heavy atom. The average Bonchev–Trinajstić information content (AvgIpc) is 2.49. The number of aromatic nitrogens is 2. The molecule has 0 saturated heterocycles. The van der Waals surface area contributed by atoms with E-state index in [1.54, 1.807) is 12.3 Å². The third-order valence-electron chi connectivity index (χ3n) is 3.64. The Balaban J connectivity index is 2.21. The molecule has 0 amide bonds. The Hall–Kier alpha value is -2.51. The van der Waals surface area contributed by atoms with Gasteiger partial charge in [-0.2, -0.15) is 4.98 Å². The van der Waals surface area contributed by atoms with Gasteiger partial charge in [-0.05, 0) is 39.3 Å². The van der Waals surface area contributed by atoms with Crippen LogP contribution in [0.1, 0.15) is 32.8 Å². The number of ether oxygens (including phenoxy) is 1. The van der Waals surface area contributed by atoms with Crippen molar-refractivity contribution in [3.05, 3.63) is 36.0 Å². The zero-order valence-corrected chi connectivity index (χ0v) is 14.5. The standard InChI is InChI=1S/C17H21F3N4O/c1-5-16(3,4)24-15-21-10-11(2)14(23-15)22-12-7-6-8-13(9-12)25-17(18,19)20/h6-10H,5H2,1-4H3,(H2,21,22,23,24). The van der Waals surface area contributed by atoms with Crippen LogP contribution in [0.15, 0.2) is 30.5 Å². The number of anilines is 3. The second kappa shape index (κ2) is 7.16. The van der Waals surface area contributed by atoms with Crippen molar-refractivity contribution >= 4 is 17.5 Å². The number of rotatable bonds is 6. The molecule has 2 N–H and O–H groups in total. The maximum atomic E-state index is 12.3. The first-order valence-corrected chi connectivity index (χ1v) is 7.82. The maximum Gasteiger partial charge on any atom is 0.573 e. The van der Waals surface area contributed by atoms with Crippen molar-refractivity contribution in [3.63, 3.8) is 0 Å². The molecule has 0 radical (unpaired) electrons. The third-order valence-corrected chi connectivity index (χ3v) is 3.64. The fourth-order valence-corrected chi connectivity index (χ4v) is 1.93. The molecule has 1 aromatic heterocycles. The van der Waals surface area contributed by atoms with E-state index in [0.717, 1.165) is 12.0 Å². The van der Waals surface area contributed by atoms with Crippen molar-refractivity contribution in [1.82, 2.24) is 9.97 Å². The summed E-state index contributed by atoms with van der Waals surface area (Å²) in [5.41, 5.74) is 1.03. The van der Waals surface area contributed by atoms with Crippen LogP contribution >= 0.6 is 0 Å². The first-order chi connectivity index (χ1) is 11.6. The summed E-state index contributed by atoms with van der Waals surface area (Å²) >= 11 is 0. The number of nitrogens with zero attached hydrogens (tertiary/aromatic N) is 2. The summed E-state index contributed by atoms with van der Waals surface area (Å²) in [5.74, 6) is 0.658. The van der Waals surface area contributed by atoms with Gasteiger partial charge in [0.1, 0.15) is 11.6 Å². The zero-order chi connectivity index (χ0) is 18.7. The van der Waals surface area contributed by atoms with Gasteiger partial charge in [0.25, 0.3) is 0 Å². The molecule has 0 aliphatic heterocycles. The summed E-state index contributed by atoms with van der Waals surface area (Å²) in [7, 11) is 0. The monoisotopic (exact) mass is 354 g/mol. The Labute approximate surface area is 144 Å². The zero-order valence-electron chi connectivity index (χ0n) is 14.5. The van der Waals surface area contributed by atoms with Crippen LogP contribution in [0.4, 0.5) is 30.6 Å². The molecule has 0 saturated carbocycles. The van der Waals surface area contributed by atoms with Gasteiger partial charge in [0.15, 0.2) is 0 Å². The lowest BCUT2D eigenvalue weighted by atomic mass is 10.0. The van der Waals surface area contributed by atoms with Crippen molar-refractivity contribution in [1.29, 1.82) is 0 Å². The minimum absolute atomic E-state index is 0.174. The third kappa shape index (κ3) is 5.81. The molecule has 0 fully saturated rings. The lowest BCUT2D eigenvalue weighted by Gasteiger charge is -2.24. The van der Waals surface area contributed by atoms with Crippen molar-refractivity contribution in [2.45, 2.75) is 46.0 Å². The molecule has 0 bridgehead atoms. The van der Waals surface area contributed by atoms with Gasteiger partial charge in [-0.15, -0.1) is 13.2 Å². The highest BCUT2D eigenvalue weighted by Gasteiger charge is 2.31. The molecule has 0 aliphatic carbocycles. The van der Waals surface area contributed by atoms with Crippen LogP contribution in [0.5, 0.6) is 5.75 Å². The van der Waals surface area contributed by atoms with Gasteiger partial charge in [0.2, 0.25) is 5.95 Å². The van der Waals surface area contributed by atoms with Crippen LogP contribution in [-0.2, 0) is 0 Å². The van der Waals surface area contributed by atoms with Crippen molar-refractivity contribution in [3.8, 4) is 5.75 Å². The fourth-order valence-electron chi connectivity index (χ4n) is 1.93. The summed E-state index contributed by atoms with van der Waals surface area (Å²) in [6, 6.07) is 5.60. The van der Waals surface area contributed by atoms with Gasteiger partial charge >= 0.3 is 6.36 Å². The molecule has 1 heterocycles. The topological polar surface area (TPSA) is 59.1 Å². The summed E-state index contributed by atoms with van der Waals surface area (Å²) in [4.78, 5) is 8.65. The normalized spacial score (nSPS) is 12.0. The maximum absolute atomic E-state index is 12.3. The first-order valence-electron chi connectivity index (χ1n) is 7.82. The van der Waals surface area contributed by atoms with Crippen LogP contribution in [0, 0.1) is 6.92 Å². The number of benzene rings is 1. The van der Waals surface area contributed by atoms with E-state index >= 15 is 0 Å². The number of alkyl halides is 3. The van der Waals surface area contributed by atoms with Crippen LogP contribution < -0.4 is 15.4 Å². The molecule has 5 nitrogen and oxygen atoms in total. The molecule has 136 valence electrons. The number of halogens is 3. The SMILES string of the molecule is CCC(C)(C)Nc1ncc(C)c(Nc2cccc(OC(F)(F)F)c2)n1. The highest BCUT2D eigenvalue weighted by atomic mass is 19.4. The molecule has 0 spiro atoms. The van der Waals surface area contributed by atoms with E-state index in [-0.39, 0.29) is 11.3 Å². The number of hydrogen-bond donors (Lipinski definition) is 2. The molecule has 2 rings (SSSR count). The molecule has 0 unspecified atom stereocenters. The van der Waals surface area contributed by atoms with Crippen LogP contribution in [0.25, 0.3) is 0 Å². The van der Waals surface area contributed by atoms with E-state index in [1.807, 2.05) is 27.7 Å². The van der Waals surface area contributed by atoms with E-state index in [2.05, 4.69) is 25.3 Å². The minimum atomic E-state index is -4.73. The molecule has 2 aromatic rings. The average molecular weight is 354 g/mol. The smallest absolute Gasteiger partial charge is 0.406 e. The van der Waals surface area contributed by atoms with Crippen LogP contribution in [0.2, 0.25) is 0 Å². The minimum Gasteiger partial charge on any atom is -0.406 e. The van der Waals surface area contributed by atoms with E-state index in [0.29, 0.717) is 17.5 Å². The van der Waals surface area contributed by atoms with Crippen molar-refractivity contribution < 1.29 is 17.9 Å². The molecular formula is C17H21F3N4O. The Kier molecular flexibility index (Phi) is 5.39. The predicted molar refractivity (Wildman–Crippen MR) is 91.2 cm³/mol. The van der Waals surface area contributed by atoms with E-state index in [1.165, 1.54) is 18.2 Å². The van der Waals surface area contributed by atoms with Gasteiger partial charge < -0.3 is 15.4 Å². The molecule has 0 aliphatic rings. The van der Waals surface area contributed by atoms with Gasteiger partial charge in [0, 0.05) is 29.1 Å². The summed E-state index contributed by atoms with van der Waals surface area (Å²) < 4.78 is 40.9. The summed E-state index contributed by atoms with van der Waals surface area (Å²) in [6.45, 7) is 7.92. The molecular weight excluding hydrogens is 333 g/mol. The highest BCUT2D eigenvalue weighted by molar-refractivity contribution is 5.61. The molecule has 25 heavy (non-hydrogen) atoms. The quantitative estimate of drug-likeness (QED) is 0.762. The predicted octanol–water partition coefficient (Wildman–Crippen LogP) is 5.03. The molecule has 0 atom stereocenters. The largest absolute Gasteiger partial charge is 0.573 e. The number of nitrogens with one attached hydrogen (secondary N) is 2. The Bertz CT molecular complexity index is 732. The lowest BCUT2D eigenvalue weighted by molar-refractivity contribution is -0.274. The Morgan fingerprint density at radius 2 is 1.92 bits per heavy atom. The van der Waals surface area contributed by atoms with Crippen LogP contribution in [-0.4, -0.2) is 21.9 Å². The van der Waals surface area contributed by atoms with E-state index in [4.69, 9.17) is 0 Å². The van der Waals surface area contributed by atoms with Crippen LogP contribution in [0.3, 0.4) is 0 Å². The van der Waals surface area contributed by atoms with Crippen molar-refractivity contribution in [2.75, 3.05) is 10.6 Å². The number of aryl methyl sites for hydroxylation is 1. The molecule has 8 heteroatoms. The summed E-state index contributed by atoms with van der Waals surface area (Å²) in [6.07, 6.45) is -2.20. The molecule has 1 aromatic carbocycles. The first kappa shape index (κ1) is 18.8. The van der Waals surface area contributed by atoms with Gasteiger partial charge in [-0.1, -0.05) is 13.0 Å². The Morgan fingerprint density at radius 3 is 2.56 bits per heavy atom. The van der Waals surface area contributed by atoms with Crippen molar-refractivity contribution in [2.24, 2.45) is 0 Å². The lowest BCUT2D eigenvalue weighted by Crippen LogP contribution is -2.30. The second-order valence-electron chi connectivity index (χ2n) is 6.29. The van der Waals surface area contributed by atoms with E-state index < -0.39 is 6.36 Å².